The Morgan fingerprint density at radius 3 is 3.08 bits per heavy atom. The van der Waals surface area contributed by atoms with E-state index in [9.17, 15) is 4.79 Å². The first-order valence-corrected chi connectivity index (χ1v) is 3.78. The van der Waals surface area contributed by atoms with Crippen molar-refractivity contribution in [1.82, 2.24) is 9.38 Å². The van der Waals surface area contributed by atoms with Gasteiger partial charge in [-0.15, -0.1) is 0 Å². The summed E-state index contributed by atoms with van der Waals surface area (Å²) in [5.41, 5.74) is 1.11. The standard InChI is InChI=1S/C8H5ClN2O/c9-8-10-6(5-12)7-3-1-2-4-11(7)8/h1-5H. The molecule has 0 aliphatic carbocycles. The minimum atomic E-state index is 0.313. The molecule has 0 amide bonds. The minimum Gasteiger partial charge on any atom is -0.296 e. The summed E-state index contributed by atoms with van der Waals surface area (Å²) in [6.07, 6.45) is 2.46. The molecule has 2 rings (SSSR count). The number of hydrogen-bond acceptors (Lipinski definition) is 2. The Balaban J connectivity index is 2.91. The lowest BCUT2D eigenvalue weighted by molar-refractivity contribution is 0.112. The van der Waals surface area contributed by atoms with Crippen LogP contribution in [-0.4, -0.2) is 15.7 Å². The molecule has 0 fully saturated rings. The monoisotopic (exact) mass is 180 g/mol. The number of rotatable bonds is 1. The van der Waals surface area contributed by atoms with Crippen molar-refractivity contribution in [3.8, 4) is 0 Å². The van der Waals surface area contributed by atoms with Gasteiger partial charge in [0.2, 0.25) is 5.28 Å². The first-order valence-electron chi connectivity index (χ1n) is 3.40. The van der Waals surface area contributed by atoms with Gasteiger partial charge in [-0.25, -0.2) is 4.98 Å². The highest BCUT2D eigenvalue weighted by Gasteiger charge is 2.06. The van der Waals surface area contributed by atoms with Crippen LogP contribution in [0.25, 0.3) is 5.52 Å². The first-order chi connectivity index (χ1) is 5.83. The van der Waals surface area contributed by atoms with E-state index in [0.717, 1.165) is 5.52 Å². The number of imidazole rings is 1. The third kappa shape index (κ3) is 0.905. The van der Waals surface area contributed by atoms with E-state index in [4.69, 9.17) is 11.6 Å². The molecule has 2 heterocycles. The maximum atomic E-state index is 10.5. The third-order valence-corrected chi connectivity index (χ3v) is 1.91. The van der Waals surface area contributed by atoms with E-state index in [0.29, 0.717) is 17.3 Å². The maximum absolute atomic E-state index is 10.5. The van der Waals surface area contributed by atoms with Crippen molar-refractivity contribution >= 4 is 23.4 Å². The molecule has 0 aliphatic heterocycles. The molecule has 0 aliphatic rings. The molecule has 0 spiro atoms. The Morgan fingerprint density at radius 1 is 1.50 bits per heavy atom. The second-order valence-corrected chi connectivity index (χ2v) is 2.68. The van der Waals surface area contributed by atoms with Gasteiger partial charge in [-0.1, -0.05) is 6.07 Å². The van der Waals surface area contributed by atoms with Gasteiger partial charge in [-0.3, -0.25) is 9.20 Å². The topological polar surface area (TPSA) is 34.4 Å². The maximum Gasteiger partial charge on any atom is 0.208 e. The molecule has 0 atom stereocenters. The average Bonchev–Trinajstić information content (AvgIpc) is 2.44. The van der Waals surface area contributed by atoms with Crippen LogP contribution in [-0.2, 0) is 0 Å². The van der Waals surface area contributed by atoms with Gasteiger partial charge in [0.05, 0.1) is 5.52 Å². The van der Waals surface area contributed by atoms with Gasteiger partial charge in [0.25, 0.3) is 0 Å². The molecule has 0 aromatic carbocycles. The summed E-state index contributed by atoms with van der Waals surface area (Å²) < 4.78 is 1.66. The summed E-state index contributed by atoms with van der Waals surface area (Å²) in [6.45, 7) is 0. The second kappa shape index (κ2) is 2.60. The average molecular weight is 181 g/mol. The van der Waals surface area contributed by atoms with E-state index >= 15 is 0 Å². The van der Waals surface area contributed by atoms with Crippen molar-refractivity contribution in [2.45, 2.75) is 0 Å². The van der Waals surface area contributed by atoms with Crippen LogP contribution in [0.1, 0.15) is 10.5 Å². The Kier molecular flexibility index (Phi) is 1.59. The predicted octanol–water partition coefficient (Wildman–Crippen LogP) is 1.80. The summed E-state index contributed by atoms with van der Waals surface area (Å²) in [5, 5.41) is 0.313. The van der Waals surface area contributed by atoms with Crippen molar-refractivity contribution in [2.75, 3.05) is 0 Å². The molecule has 0 radical (unpaired) electrons. The van der Waals surface area contributed by atoms with Crippen molar-refractivity contribution in [1.29, 1.82) is 0 Å². The number of hydrogen-bond donors (Lipinski definition) is 0. The van der Waals surface area contributed by atoms with Crippen LogP contribution in [0.2, 0.25) is 5.28 Å². The lowest BCUT2D eigenvalue weighted by Gasteiger charge is -1.91. The molecule has 0 unspecified atom stereocenters. The summed E-state index contributed by atoms with van der Waals surface area (Å²) >= 11 is 5.75. The van der Waals surface area contributed by atoms with Gasteiger partial charge in [0.1, 0.15) is 5.69 Å². The summed E-state index contributed by atoms with van der Waals surface area (Å²) in [6, 6.07) is 5.46. The fraction of sp³-hybridized carbons (Fsp3) is 0. The van der Waals surface area contributed by atoms with Gasteiger partial charge >= 0.3 is 0 Å². The van der Waals surface area contributed by atoms with Crippen LogP contribution < -0.4 is 0 Å². The van der Waals surface area contributed by atoms with Crippen molar-refractivity contribution in [2.24, 2.45) is 0 Å². The molecule has 0 N–H and O–H groups in total. The van der Waals surface area contributed by atoms with E-state index in [1.807, 2.05) is 12.1 Å². The zero-order valence-corrected chi connectivity index (χ0v) is 6.82. The highest BCUT2D eigenvalue weighted by Crippen LogP contribution is 2.14. The van der Waals surface area contributed by atoms with Crippen LogP contribution in [0.5, 0.6) is 0 Å². The highest BCUT2D eigenvalue weighted by molar-refractivity contribution is 6.29. The quantitative estimate of drug-likeness (QED) is 0.628. The van der Waals surface area contributed by atoms with Crippen LogP contribution in [0.15, 0.2) is 24.4 Å². The lowest BCUT2D eigenvalue weighted by atomic mass is 10.3. The molecule has 12 heavy (non-hydrogen) atoms. The van der Waals surface area contributed by atoms with Crippen LogP contribution in [0.3, 0.4) is 0 Å². The highest BCUT2D eigenvalue weighted by atomic mass is 35.5. The number of carbonyl (C=O) groups is 1. The smallest absolute Gasteiger partial charge is 0.208 e. The molecule has 4 heteroatoms. The van der Waals surface area contributed by atoms with Gasteiger partial charge in [0, 0.05) is 6.20 Å². The molecule has 0 saturated heterocycles. The fourth-order valence-corrected chi connectivity index (χ4v) is 1.35. The van der Waals surface area contributed by atoms with E-state index in [1.54, 1.807) is 16.7 Å². The number of aromatic nitrogens is 2. The Morgan fingerprint density at radius 2 is 2.33 bits per heavy atom. The number of carbonyl (C=O) groups excluding carboxylic acids is 1. The number of fused-ring (bicyclic) bond motifs is 1. The SMILES string of the molecule is O=Cc1nc(Cl)n2ccccc12. The molecule has 2 aromatic rings. The van der Waals surface area contributed by atoms with E-state index in [1.165, 1.54) is 0 Å². The van der Waals surface area contributed by atoms with Gasteiger partial charge in [-0.2, -0.15) is 0 Å². The van der Waals surface area contributed by atoms with Crippen molar-refractivity contribution in [3.63, 3.8) is 0 Å². The number of nitrogens with zero attached hydrogens (tertiary/aromatic N) is 2. The molecule has 2 aromatic heterocycles. The van der Waals surface area contributed by atoms with Crippen LogP contribution >= 0.6 is 11.6 Å². The molecular weight excluding hydrogens is 176 g/mol. The normalized spacial score (nSPS) is 10.4. The molecule has 0 bridgehead atoms. The first kappa shape index (κ1) is 7.31. The zero-order chi connectivity index (χ0) is 8.55. The van der Waals surface area contributed by atoms with Crippen molar-refractivity contribution in [3.05, 3.63) is 35.4 Å². The molecular formula is C8H5ClN2O. The molecule has 3 nitrogen and oxygen atoms in total. The van der Waals surface area contributed by atoms with E-state index in [2.05, 4.69) is 4.98 Å². The van der Waals surface area contributed by atoms with Crippen LogP contribution in [0.4, 0.5) is 0 Å². The zero-order valence-electron chi connectivity index (χ0n) is 6.07. The molecule has 60 valence electrons. The minimum absolute atomic E-state index is 0.313. The fourth-order valence-electron chi connectivity index (χ4n) is 1.11. The van der Waals surface area contributed by atoms with Gasteiger partial charge < -0.3 is 0 Å². The summed E-state index contributed by atoms with van der Waals surface area (Å²) in [5.74, 6) is 0. The van der Waals surface area contributed by atoms with E-state index < -0.39 is 0 Å². The molecule has 0 saturated carbocycles. The Labute approximate surface area is 73.6 Å². The van der Waals surface area contributed by atoms with E-state index in [-0.39, 0.29) is 0 Å². The number of aldehydes is 1. The predicted molar refractivity (Wildman–Crippen MR) is 45.6 cm³/mol. The lowest BCUT2D eigenvalue weighted by Crippen LogP contribution is -1.82. The second-order valence-electron chi connectivity index (χ2n) is 2.34. The van der Waals surface area contributed by atoms with Crippen molar-refractivity contribution < 1.29 is 4.79 Å². The van der Waals surface area contributed by atoms with Gasteiger partial charge in [0.15, 0.2) is 6.29 Å². The third-order valence-electron chi connectivity index (χ3n) is 1.65. The number of pyridine rings is 1. The summed E-state index contributed by atoms with van der Waals surface area (Å²) in [4.78, 5) is 14.4. The van der Waals surface area contributed by atoms with Crippen LogP contribution in [0, 0.1) is 0 Å². The Hall–Kier alpha value is -1.35. The largest absolute Gasteiger partial charge is 0.296 e. The Bertz CT molecular complexity index is 436. The summed E-state index contributed by atoms with van der Waals surface area (Å²) in [7, 11) is 0. The van der Waals surface area contributed by atoms with Gasteiger partial charge in [-0.05, 0) is 23.7 Å². The number of halogens is 1.